The predicted octanol–water partition coefficient (Wildman–Crippen LogP) is 4.31. The van der Waals surface area contributed by atoms with E-state index in [1.54, 1.807) is 25.3 Å². The average Bonchev–Trinajstić information content (AvgIpc) is 2.42. The standard InChI is InChI=1S/C14H11BrINO2/c1-19-11-6-7-12(15)13(8-11)17-14(18)9-2-4-10(16)5-3-9/h2-8H,1H3,(H,17,18). The molecule has 1 amide bonds. The van der Waals surface area contributed by atoms with E-state index < -0.39 is 0 Å². The van der Waals surface area contributed by atoms with E-state index in [-0.39, 0.29) is 5.91 Å². The lowest BCUT2D eigenvalue weighted by Crippen LogP contribution is -2.12. The normalized spacial score (nSPS) is 10.1. The zero-order valence-corrected chi connectivity index (χ0v) is 13.9. The summed E-state index contributed by atoms with van der Waals surface area (Å²) in [6.07, 6.45) is 0. The second-order valence-corrected chi connectivity index (χ2v) is 5.91. The second kappa shape index (κ2) is 6.38. The van der Waals surface area contributed by atoms with Crippen LogP contribution in [-0.4, -0.2) is 13.0 Å². The van der Waals surface area contributed by atoms with Gasteiger partial charge in [0.25, 0.3) is 5.91 Å². The molecule has 0 unspecified atom stereocenters. The lowest BCUT2D eigenvalue weighted by atomic mass is 10.2. The molecule has 98 valence electrons. The van der Waals surface area contributed by atoms with Crippen LogP contribution < -0.4 is 10.1 Å². The van der Waals surface area contributed by atoms with Gasteiger partial charge in [-0.05, 0) is 74.9 Å². The highest BCUT2D eigenvalue weighted by atomic mass is 127. The van der Waals surface area contributed by atoms with Crippen molar-refractivity contribution in [2.45, 2.75) is 0 Å². The molecule has 0 saturated carbocycles. The van der Waals surface area contributed by atoms with Crippen molar-refractivity contribution in [1.29, 1.82) is 0 Å². The van der Waals surface area contributed by atoms with E-state index in [1.807, 2.05) is 24.3 Å². The SMILES string of the molecule is COc1ccc(Br)c(NC(=O)c2ccc(I)cc2)c1. The first kappa shape index (κ1) is 14.3. The monoisotopic (exact) mass is 431 g/mol. The molecule has 2 rings (SSSR count). The molecule has 5 heteroatoms. The Hall–Kier alpha value is -1.08. The van der Waals surface area contributed by atoms with Gasteiger partial charge < -0.3 is 10.1 Å². The highest BCUT2D eigenvalue weighted by Crippen LogP contribution is 2.27. The molecule has 0 aliphatic heterocycles. The van der Waals surface area contributed by atoms with Crippen LogP contribution in [0.1, 0.15) is 10.4 Å². The van der Waals surface area contributed by atoms with Crippen molar-refractivity contribution < 1.29 is 9.53 Å². The van der Waals surface area contributed by atoms with Crippen LogP contribution in [0.4, 0.5) is 5.69 Å². The third-order valence-electron chi connectivity index (χ3n) is 2.53. The lowest BCUT2D eigenvalue weighted by Gasteiger charge is -2.09. The van der Waals surface area contributed by atoms with E-state index in [1.165, 1.54) is 0 Å². The van der Waals surface area contributed by atoms with Crippen molar-refractivity contribution in [3.63, 3.8) is 0 Å². The van der Waals surface area contributed by atoms with Crippen LogP contribution in [-0.2, 0) is 0 Å². The van der Waals surface area contributed by atoms with Crippen molar-refractivity contribution in [1.82, 2.24) is 0 Å². The fraction of sp³-hybridized carbons (Fsp3) is 0.0714. The number of halogens is 2. The predicted molar refractivity (Wildman–Crippen MR) is 87.8 cm³/mol. The van der Waals surface area contributed by atoms with Gasteiger partial charge in [0, 0.05) is 19.7 Å². The van der Waals surface area contributed by atoms with Gasteiger partial charge in [0.15, 0.2) is 0 Å². The minimum atomic E-state index is -0.148. The zero-order chi connectivity index (χ0) is 13.8. The lowest BCUT2D eigenvalue weighted by molar-refractivity contribution is 0.102. The molecule has 2 aromatic rings. The number of hydrogen-bond acceptors (Lipinski definition) is 2. The Bertz CT molecular complexity index is 599. The maximum Gasteiger partial charge on any atom is 0.255 e. The number of amides is 1. The number of anilines is 1. The summed E-state index contributed by atoms with van der Waals surface area (Å²) >= 11 is 5.60. The van der Waals surface area contributed by atoms with Gasteiger partial charge in [0.2, 0.25) is 0 Å². The average molecular weight is 432 g/mol. The molecular formula is C14H11BrINO2. The summed E-state index contributed by atoms with van der Waals surface area (Å²) in [5, 5.41) is 2.85. The molecule has 0 fully saturated rings. The van der Waals surface area contributed by atoms with Crippen LogP contribution in [0.2, 0.25) is 0 Å². The van der Waals surface area contributed by atoms with Gasteiger partial charge in [0.05, 0.1) is 12.8 Å². The van der Waals surface area contributed by atoms with Gasteiger partial charge in [-0.25, -0.2) is 0 Å². The van der Waals surface area contributed by atoms with Gasteiger partial charge in [-0.2, -0.15) is 0 Å². The molecule has 0 saturated heterocycles. The molecule has 19 heavy (non-hydrogen) atoms. The van der Waals surface area contributed by atoms with Crippen LogP contribution in [0.15, 0.2) is 46.9 Å². The Labute approximate surface area is 133 Å². The molecule has 0 heterocycles. The zero-order valence-electron chi connectivity index (χ0n) is 10.1. The van der Waals surface area contributed by atoms with Crippen LogP contribution >= 0.6 is 38.5 Å². The van der Waals surface area contributed by atoms with Gasteiger partial charge in [-0.3, -0.25) is 4.79 Å². The summed E-state index contributed by atoms with van der Waals surface area (Å²) in [7, 11) is 1.59. The van der Waals surface area contributed by atoms with Gasteiger partial charge in [-0.1, -0.05) is 0 Å². The third kappa shape index (κ3) is 3.70. The van der Waals surface area contributed by atoms with Gasteiger partial charge in [0.1, 0.15) is 5.75 Å². The molecule has 0 radical (unpaired) electrons. The quantitative estimate of drug-likeness (QED) is 0.735. The first-order valence-corrected chi connectivity index (χ1v) is 7.38. The molecule has 2 aromatic carbocycles. The molecule has 0 aromatic heterocycles. The van der Waals surface area contributed by atoms with E-state index >= 15 is 0 Å². The second-order valence-electron chi connectivity index (χ2n) is 3.81. The summed E-state index contributed by atoms with van der Waals surface area (Å²) in [6, 6.07) is 12.8. The Balaban J connectivity index is 2.21. The van der Waals surface area contributed by atoms with E-state index in [9.17, 15) is 4.79 Å². The minimum absolute atomic E-state index is 0.148. The van der Waals surface area contributed by atoms with E-state index in [4.69, 9.17) is 4.74 Å². The van der Waals surface area contributed by atoms with Crippen LogP contribution in [0.3, 0.4) is 0 Å². The first-order chi connectivity index (χ1) is 9.10. The minimum Gasteiger partial charge on any atom is -0.497 e. The number of nitrogens with one attached hydrogen (secondary N) is 1. The number of benzene rings is 2. The Kier molecular flexibility index (Phi) is 4.81. The number of ether oxygens (including phenoxy) is 1. The Morgan fingerprint density at radius 1 is 1.21 bits per heavy atom. The molecular weight excluding hydrogens is 421 g/mol. The molecule has 3 nitrogen and oxygen atoms in total. The molecule has 0 aliphatic rings. The third-order valence-corrected chi connectivity index (χ3v) is 3.94. The van der Waals surface area contributed by atoms with E-state index in [2.05, 4.69) is 43.8 Å². The summed E-state index contributed by atoms with van der Waals surface area (Å²) < 4.78 is 7.05. The van der Waals surface area contributed by atoms with Crippen molar-refractivity contribution in [2.75, 3.05) is 12.4 Å². The van der Waals surface area contributed by atoms with Gasteiger partial charge >= 0.3 is 0 Å². The van der Waals surface area contributed by atoms with Crippen molar-refractivity contribution >= 4 is 50.1 Å². The molecule has 1 N–H and O–H groups in total. The van der Waals surface area contributed by atoms with Crippen molar-refractivity contribution in [3.05, 3.63) is 56.1 Å². The smallest absolute Gasteiger partial charge is 0.255 e. The fourth-order valence-corrected chi connectivity index (χ4v) is 2.23. The largest absolute Gasteiger partial charge is 0.497 e. The van der Waals surface area contributed by atoms with Crippen molar-refractivity contribution in [2.24, 2.45) is 0 Å². The molecule has 0 atom stereocenters. The number of methoxy groups -OCH3 is 1. The van der Waals surface area contributed by atoms with Crippen LogP contribution in [0, 0.1) is 3.57 Å². The van der Waals surface area contributed by atoms with Crippen molar-refractivity contribution in [3.8, 4) is 5.75 Å². The highest BCUT2D eigenvalue weighted by molar-refractivity contribution is 14.1. The highest BCUT2D eigenvalue weighted by Gasteiger charge is 2.09. The molecule has 0 bridgehead atoms. The number of carbonyl (C=O) groups excluding carboxylic acids is 1. The molecule has 0 spiro atoms. The number of hydrogen-bond donors (Lipinski definition) is 1. The fourth-order valence-electron chi connectivity index (χ4n) is 1.52. The summed E-state index contributed by atoms with van der Waals surface area (Å²) in [5.41, 5.74) is 1.30. The van der Waals surface area contributed by atoms with Crippen LogP contribution in [0.25, 0.3) is 0 Å². The first-order valence-electron chi connectivity index (χ1n) is 5.50. The summed E-state index contributed by atoms with van der Waals surface area (Å²) in [4.78, 5) is 12.1. The summed E-state index contributed by atoms with van der Waals surface area (Å²) in [5.74, 6) is 0.548. The Morgan fingerprint density at radius 2 is 1.89 bits per heavy atom. The van der Waals surface area contributed by atoms with E-state index in [0.717, 1.165) is 8.04 Å². The number of rotatable bonds is 3. The number of carbonyl (C=O) groups is 1. The van der Waals surface area contributed by atoms with Crippen LogP contribution in [0.5, 0.6) is 5.75 Å². The maximum absolute atomic E-state index is 12.1. The van der Waals surface area contributed by atoms with Gasteiger partial charge in [-0.15, -0.1) is 0 Å². The topological polar surface area (TPSA) is 38.3 Å². The molecule has 0 aliphatic carbocycles. The Morgan fingerprint density at radius 3 is 2.53 bits per heavy atom. The summed E-state index contributed by atoms with van der Waals surface area (Å²) in [6.45, 7) is 0. The maximum atomic E-state index is 12.1. The van der Waals surface area contributed by atoms with E-state index in [0.29, 0.717) is 17.0 Å².